The summed E-state index contributed by atoms with van der Waals surface area (Å²) in [6.45, 7) is 1.67. The third-order valence-electron chi connectivity index (χ3n) is 4.33. The number of hydrogen-bond acceptors (Lipinski definition) is 6. The Hall–Kier alpha value is -1.65. The van der Waals surface area contributed by atoms with Crippen molar-refractivity contribution >= 4 is 33.7 Å². The second kappa shape index (κ2) is 9.52. The van der Waals surface area contributed by atoms with E-state index in [-0.39, 0.29) is 10.9 Å². The van der Waals surface area contributed by atoms with E-state index in [0.717, 1.165) is 41.8 Å². The van der Waals surface area contributed by atoms with E-state index in [2.05, 4.69) is 15.6 Å². The zero-order valence-corrected chi connectivity index (χ0v) is 17.4. The Morgan fingerprint density at radius 3 is 2.44 bits per heavy atom. The lowest BCUT2D eigenvalue weighted by atomic mass is 9.96. The van der Waals surface area contributed by atoms with E-state index in [1.807, 2.05) is 0 Å². The van der Waals surface area contributed by atoms with Crippen LogP contribution in [-0.4, -0.2) is 55.0 Å². The van der Waals surface area contributed by atoms with Gasteiger partial charge in [-0.3, -0.25) is 10.1 Å². The molecule has 0 unspecified atom stereocenters. The molecule has 1 heterocycles. The minimum atomic E-state index is -3.54. The molecule has 1 saturated carbocycles. The molecule has 0 aromatic carbocycles. The molecular weight excluding hydrogens is 388 g/mol. The third-order valence-corrected chi connectivity index (χ3v) is 7.18. The molecule has 1 aromatic rings. The molecule has 27 heavy (non-hydrogen) atoms. The quantitative estimate of drug-likeness (QED) is 0.689. The number of hydrogen-bond donors (Lipinski definition) is 2. The predicted octanol–water partition coefficient (Wildman–Crippen LogP) is 1.97. The molecule has 2 N–H and O–H groups in total. The van der Waals surface area contributed by atoms with Crippen LogP contribution in [0, 0.1) is 0 Å². The molecule has 0 bridgehead atoms. The Kier molecular flexibility index (Phi) is 7.63. The van der Waals surface area contributed by atoms with Gasteiger partial charge in [-0.05, 0) is 31.9 Å². The summed E-state index contributed by atoms with van der Waals surface area (Å²) in [6, 6.07) is 2.65. The number of sulfonamides is 1. The van der Waals surface area contributed by atoms with Gasteiger partial charge in [0, 0.05) is 26.3 Å². The van der Waals surface area contributed by atoms with Crippen LogP contribution in [0.4, 0.5) is 4.79 Å². The molecule has 10 heteroatoms. The first-order valence-electron chi connectivity index (χ1n) is 8.86. The zero-order chi connectivity index (χ0) is 20.0. The van der Waals surface area contributed by atoms with Crippen LogP contribution in [0.25, 0.3) is 0 Å². The third kappa shape index (κ3) is 6.18. The number of urea groups is 1. The van der Waals surface area contributed by atoms with Crippen LogP contribution < -0.4 is 10.6 Å². The molecule has 0 radical (unpaired) electrons. The summed E-state index contributed by atoms with van der Waals surface area (Å²) in [5, 5.41) is 5.15. The van der Waals surface area contributed by atoms with Crippen molar-refractivity contribution < 1.29 is 18.0 Å². The highest BCUT2D eigenvalue weighted by Gasteiger charge is 2.22. The van der Waals surface area contributed by atoms with Crippen LogP contribution in [-0.2, 0) is 14.8 Å². The van der Waals surface area contributed by atoms with Crippen molar-refractivity contribution in [3.8, 4) is 0 Å². The normalized spacial score (nSPS) is 16.7. The molecule has 0 aliphatic heterocycles. The van der Waals surface area contributed by atoms with Crippen molar-refractivity contribution in [3.63, 3.8) is 0 Å². The largest absolute Gasteiger partial charge is 0.335 e. The molecule has 3 amide bonds. The van der Waals surface area contributed by atoms with Gasteiger partial charge in [0.25, 0.3) is 0 Å². The van der Waals surface area contributed by atoms with Crippen LogP contribution in [0.1, 0.15) is 39.0 Å². The van der Waals surface area contributed by atoms with Gasteiger partial charge >= 0.3 is 6.03 Å². The Balaban J connectivity index is 1.87. The lowest BCUT2D eigenvalue weighted by molar-refractivity contribution is -0.119. The lowest BCUT2D eigenvalue weighted by Crippen LogP contribution is -2.47. The summed E-state index contributed by atoms with van der Waals surface area (Å²) in [4.78, 5) is 28.3. The highest BCUT2D eigenvalue weighted by atomic mass is 32.2. The van der Waals surface area contributed by atoms with Crippen LogP contribution in [0.2, 0.25) is 0 Å². The second-order valence-electron chi connectivity index (χ2n) is 6.68. The summed E-state index contributed by atoms with van der Waals surface area (Å²) in [5.74, 6) is -0.417. The van der Waals surface area contributed by atoms with Crippen LogP contribution in [0.3, 0.4) is 0 Å². The predicted molar refractivity (Wildman–Crippen MR) is 104 cm³/mol. The summed E-state index contributed by atoms with van der Waals surface area (Å²) in [6.07, 6.45) is 6.52. The molecule has 0 spiro atoms. The van der Waals surface area contributed by atoms with Crippen molar-refractivity contribution in [1.82, 2.24) is 19.9 Å². The van der Waals surface area contributed by atoms with Gasteiger partial charge in [0.05, 0.1) is 10.3 Å². The molecule has 8 nitrogen and oxygen atoms in total. The van der Waals surface area contributed by atoms with E-state index in [1.165, 1.54) is 32.8 Å². The van der Waals surface area contributed by atoms with Crippen LogP contribution >= 0.6 is 11.8 Å². The molecule has 150 valence electrons. The highest BCUT2D eigenvalue weighted by molar-refractivity contribution is 8.00. The standard InChI is InChI=1S/C17H26N4O4S2/c1-12(16(22)20-17(23)19-13-7-5-4-6-8-13)26-15-10-9-14(11-18-15)27(24,25)21(2)3/h9-13H,4-8H2,1-3H3,(H2,19,20,22,23)/t12-/m1/s1. The number of nitrogens with zero attached hydrogens (tertiary/aromatic N) is 2. The van der Waals surface area contributed by atoms with E-state index in [9.17, 15) is 18.0 Å². The molecule has 1 aliphatic carbocycles. The number of carbonyl (C=O) groups excluding carboxylic acids is 2. The fourth-order valence-electron chi connectivity index (χ4n) is 2.72. The van der Waals surface area contributed by atoms with Gasteiger partial charge in [-0.15, -0.1) is 0 Å². The number of aromatic nitrogens is 1. The molecule has 0 saturated heterocycles. The van der Waals surface area contributed by atoms with Gasteiger partial charge in [0.1, 0.15) is 4.90 Å². The van der Waals surface area contributed by atoms with E-state index in [4.69, 9.17) is 0 Å². The summed E-state index contributed by atoms with van der Waals surface area (Å²) in [5.41, 5.74) is 0. The first-order chi connectivity index (χ1) is 12.7. The SMILES string of the molecule is C[C@@H](Sc1ccc(S(=O)(=O)N(C)C)cn1)C(=O)NC(=O)NC1CCCCC1. The minimum Gasteiger partial charge on any atom is -0.335 e. The average molecular weight is 415 g/mol. The number of carbonyl (C=O) groups is 2. The van der Waals surface area contributed by atoms with Crippen LogP contribution in [0.15, 0.2) is 28.3 Å². The second-order valence-corrected chi connectivity index (χ2v) is 10.2. The number of imide groups is 1. The molecule has 1 aromatic heterocycles. The summed E-state index contributed by atoms with van der Waals surface area (Å²) >= 11 is 1.16. The lowest BCUT2D eigenvalue weighted by Gasteiger charge is -2.23. The van der Waals surface area contributed by atoms with Crippen molar-refractivity contribution in [2.75, 3.05) is 14.1 Å². The topological polar surface area (TPSA) is 108 Å². The molecule has 1 fully saturated rings. The van der Waals surface area contributed by atoms with E-state index in [0.29, 0.717) is 5.03 Å². The van der Waals surface area contributed by atoms with E-state index < -0.39 is 27.2 Å². The average Bonchev–Trinajstić information content (AvgIpc) is 2.62. The van der Waals surface area contributed by atoms with Crippen LogP contribution in [0.5, 0.6) is 0 Å². The van der Waals surface area contributed by atoms with Gasteiger partial charge in [0.15, 0.2) is 0 Å². The van der Waals surface area contributed by atoms with Gasteiger partial charge < -0.3 is 5.32 Å². The number of thioether (sulfide) groups is 1. The zero-order valence-electron chi connectivity index (χ0n) is 15.8. The molecular formula is C17H26N4O4S2. The maximum Gasteiger partial charge on any atom is 0.321 e. The van der Waals surface area contributed by atoms with Crippen molar-refractivity contribution in [1.29, 1.82) is 0 Å². The molecule has 1 aliphatic rings. The fraction of sp³-hybridized carbons (Fsp3) is 0.588. The Morgan fingerprint density at radius 2 is 1.89 bits per heavy atom. The highest BCUT2D eigenvalue weighted by Crippen LogP contribution is 2.23. The van der Waals surface area contributed by atoms with Gasteiger partial charge in [-0.25, -0.2) is 22.5 Å². The first kappa shape index (κ1) is 21.6. The maximum absolute atomic E-state index is 12.2. The Labute approximate surface area is 164 Å². The van der Waals surface area contributed by atoms with Gasteiger partial charge in [-0.2, -0.15) is 0 Å². The van der Waals surface area contributed by atoms with Crippen molar-refractivity contribution in [2.24, 2.45) is 0 Å². The first-order valence-corrected chi connectivity index (χ1v) is 11.2. The number of nitrogens with one attached hydrogen (secondary N) is 2. The van der Waals surface area contributed by atoms with Gasteiger partial charge in [-0.1, -0.05) is 31.0 Å². The number of pyridine rings is 1. The molecule has 2 rings (SSSR count). The van der Waals surface area contributed by atoms with E-state index >= 15 is 0 Å². The summed E-state index contributed by atoms with van der Waals surface area (Å²) in [7, 11) is -0.645. The monoisotopic (exact) mass is 414 g/mol. The smallest absolute Gasteiger partial charge is 0.321 e. The Bertz CT molecular complexity index is 760. The molecule has 1 atom stereocenters. The maximum atomic E-state index is 12.2. The number of rotatable bonds is 6. The Morgan fingerprint density at radius 1 is 1.22 bits per heavy atom. The number of amides is 3. The van der Waals surface area contributed by atoms with Crippen molar-refractivity contribution in [3.05, 3.63) is 18.3 Å². The van der Waals surface area contributed by atoms with Gasteiger partial charge in [0.2, 0.25) is 15.9 Å². The van der Waals surface area contributed by atoms with Crippen molar-refractivity contribution in [2.45, 2.75) is 60.2 Å². The minimum absolute atomic E-state index is 0.0841. The fourth-order valence-corrected chi connectivity index (χ4v) is 4.35. The van der Waals surface area contributed by atoms with E-state index in [1.54, 1.807) is 13.0 Å². The summed E-state index contributed by atoms with van der Waals surface area (Å²) < 4.78 is 25.2.